The van der Waals surface area contributed by atoms with Crippen LogP contribution < -0.4 is 16.2 Å². The summed E-state index contributed by atoms with van der Waals surface area (Å²) in [5.74, 6) is -0.209. The summed E-state index contributed by atoms with van der Waals surface area (Å²) >= 11 is 7.06. The van der Waals surface area contributed by atoms with Crippen molar-refractivity contribution in [1.29, 1.82) is 0 Å². The molecule has 0 saturated carbocycles. The molecule has 6 heteroatoms. The second-order valence-electron chi connectivity index (χ2n) is 2.95. The molecule has 0 atom stereocenters. The van der Waals surface area contributed by atoms with Gasteiger partial charge in [-0.2, -0.15) is 0 Å². The lowest BCUT2D eigenvalue weighted by Crippen LogP contribution is -2.46. The molecule has 0 unspecified atom stereocenters. The lowest BCUT2D eigenvalue weighted by Gasteiger charge is -2.10. The fourth-order valence-electron chi connectivity index (χ4n) is 1.02. The van der Waals surface area contributed by atoms with E-state index in [9.17, 15) is 4.79 Å². The normalized spacial score (nSPS) is 9.38. The van der Waals surface area contributed by atoms with E-state index < -0.39 is 0 Å². The molecular weight excluding hydrogens is 337 g/mol. The van der Waals surface area contributed by atoms with E-state index in [0.717, 1.165) is 3.57 Å². The summed E-state index contributed by atoms with van der Waals surface area (Å²) in [6.45, 7) is 2.64. The second kappa shape index (κ2) is 6.64. The van der Waals surface area contributed by atoms with Gasteiger partial charge in [0.2, 0.25) is 0 Å². The van der Waals surface area contributed by atoms with E-state index in [1.807, 2.05) is 19.1 Å². The minimum absolute atomic E-state index is 0.209. The zero-order valence-corrected chi connectivity index (χ0v) is 11.7. The van der Waals surface area contributed by atoms with Gasteiger partial charge in [-0.05, 0) is 59.9 Å². The molecule has 0 radical (unpaired) electrons. The number of halogens is 1. The Morgan fingerprint density at radius 1 is 1.44 bits per heavy atom. The maximum Gasteiger partial charge on any atom is 0.269 e. The average Bonchev–Trinajstić information content (AvgIpc) is 2.26. The van der Waals surface area contributed by atoms with Crippen molar-refractivity contribution >= 4 is 45.8 Å². The highest BCUT2D eigenvalue weighted by molar-refractivity contribution is 14.1. The SMILES string of the molecule is CCNC(=S)NNC(=O)c1cccc(I)c1. The van der Waals surface area contributed by atoms with Gasteiger partial charge in [-0.25, -0.2) is 0 Å². The Hall–Kier alpha value is -0.890. The van der Waals surface area contributed by atoms with Gasteiger partial charge in [0, 0.05) is 15.7 Å². The van der Waals surface area contributed by atoms with Crippen LogP contribution in [0.2, 0.25) is 0 Å². The van der Waals surface area contributed by atoms with Gasteiger partial charge in [0.1, 0.15) is 0 Å². The first-order chi connectivity index (χ1) is 7.63. The van der Waals surface area contributed by atoms with Crippen molar-refractivity contribution in [2.75, 3.05) is 6.54 Å². The van der Waals surface area contributed by atoms with Crippen LogP contribution in [0, 0.1) is 3.57 Å². The number of hydrazine groups is 1. The molecule has 0 heterocycles. The fourth-order valence-corrected chi connectivity index (χ4v) is 1.76. The van der Waals surface area contributed by atoms with Crippen molar-refractivity contribution in [3.05, 3.63) is 33.4 Å². The second-order valence-corrected chi connectivity index (χ2v) is 4.60. The molecule has 0 aliphatic heterocycles. The van der Waals surface area contributed by atoms with Crippen LogP contribution in [0.15, 0.2) is 24.3 Å². The summed E-state index contributed by atoms with van der Waals surface area (Å²) in [5, 5.41) is 3.27. The number of amides is 1. The van der Waals surface area contributed by atoms with Crippen molar-refractivity contribution in [1.82, 2.24) is 16.2 Å². The Balaban J connectivity index is 2.50. The third-order valence-corrected chi connectivity index (χ3v) is 2.63. The van der Waals surface area contributed by atoms with Gasteiger partial charge in [0.25, 0.3) is 5.91 Å². The molecule has 86 valence electrons. The standard InChI is InChI=1S/C10H12IN3OS/c1-2-12-10(16)14-13-9(15)7-4-3-5-8(11)6-7/h3-6H,2H2,1H3,(H,13,15)(H2,12,14,16). The van der Waals surface area contributed by atoms with E-state index in [4.69, 9.17) is 12.2 Å². The number of hydrogen-bond donors (Lipinski definition) is 3. The third-order valence-electron chi connectivity index (χ3n) is 1.71. The van der Waals surface area contributed by atoms with Gasteiger partial charge in [0.05, 0.1) is 0 Å². The highest BCUT2D eigenvalue weighted by Gasteiger charge is 2.05. The molecule has 1 aromatic carbocycles. The first-order valence-electron chi connectivity index (χ1n) is 4.73. The summed E-state index contributed by atoms with van der Waals surface area (Å²) in [5.41, 5.74) is 5.73. The molecule has 0 aromatic heterocycles. The van der Waals surface area contributed by atoms with Crippen LogP contribution in [0.1, 0.15) is 17.3 Å². The number of carbonyl (C=O) groups is 1. The maximum absolute atomic E-state index is 11.6. The maximum atomic E-state index is 11.6. The lowest BCUT2D eigenvalue weighted by atomic mass is 10.2. The van der Waals surface area contributed by atoms with Crippen molar-refractivity contribution in [3.63, 3.8) is 0 Å². The zero-order valence-electron chi connectivity index (χ0n) is 8.71. The Morgan fingerprint density at radius 2 is 2.19 bits per heavy atom. The molecule has 4 nitrogen and oxygen atoms in total. The Kier molecular flexibility index (Phi) is 5.47. The number of carbonyl (C=O) groups excluding carboxylic acids is 1. The number of benzene rings is 1. The topological polar surface area (TPSA) is 53.2 Å². The molecule has 1 aromatic rings. The predicted octanol–water partition coefficient (Wildman–Crippen LogP) is 1.42. The van der Waals surface area contributed by atoms with Crippen LogP contribution in [-0.2, 0) is 0 Å². The monoisotopic (exact) mass is 349 g/mol. The molecule has 1 amide bonds. The lowest BCUT2D eigenvalue weighted by molar-refractivity contribution is 0.0943. The molecule has 0 bridgehead atoms. The van der Waals surface area contributed by atoms with E-state index >= 15 is 0 Å². The van der Waals surface area contributed by atoms with Gasteiger partial charge in [-0.3, -0.25) is 15.6 Å². The molecule has 16 heavy (non-hydrogen) atoms. The smallest absolute Gasteiger partial charge is 0.269 e. The summed E-state index contributed by atoms with van der Waals surface area (Å²) in [7, 11) is 0. The van der Waals surface area contributed by atoms with E-state index in [1.54, 1.807) is 12.1 Å². The number of hydrogen-bond acceptors (Lipinski definition) is 2. The van der Waals surface area contributed by atoms with E-state index in [-0.39, 0.29) is 5.91 Å². The first kappa shape index (κ1) is 13.2. The molecule has 0 fully saturated rings. The van der Waals surface area contributed by atoms with Crippen molar-refractivity contribution in [3.8, 4) is 0 Å². The summed E-state index contributed by atoms with van der Waals surface area (Å²) in [6, 6.07) is 7.30. The first-order valence-corrected chi connectivity index (χ1v) is 6.22. The largest absolute Gasteiger partial charge is 0.362 e. The van der Waals surface area contributed by atoms with Gasteiger partial charge >= 0.3 is 0 Å². The van der Waals surface area contributed by atoms with Crippen LogP contribution in [-0.4, -0.2) is 17.6 Å². The molecule has 0 aliphatic carbocycles. The fraction of sp³-hybridized carbons (Fsp3) is 0.200. The van der Waals surface area contributed by atoms with Gasteiger partial charge in [0.15, 0.2) is 5.11 Å². The van der Waals surface area contributed by atoms with Crippen molar-refractivity contribution in [2.24, 2.45) is 0 Å². The number of rotatable bonds is 2. The van der Waals surface area contributed by atoms with Crippen LogP contribution in [0.3, 0.4) is 0 Å². The predicted molar refractivity (Wildman–Crippen MR) is 76.0 cm³/mol. The Labute approximate surface area is 113 Å². The van der Waals surface area contributed by atoms with Gasteiger partial charge in [-0.15, -0.1) is 0 Å². The van der Waals surface area contributed by atoms with Crippen LogP contribution >= 0.6 is 34.8 Å². The van der Waals surface area contributed by atoms with E-state index in [1.165, 1.54) is 0 Å². The third kappa shape index (κ3) is 4.31. The van der Waals surface area contributed by atoms with Crippen LogP contribution in [0.25, 0.3) is 0 Å². The summed E-state index contributed by atoms with van der Waals surface area (Å²) in [6.07, 6.45) is 0. The minimum atomic E-state index is -0.209. The Bertz CT molecular complexity index is 397. The molecule has 3 N–H and O–H groups in total. The van der Waals surface area contributed by atoms with Gasteiger partial charge in [-0.1, -0.05) is 6.07 Å². The summed E-state index contributed by atoms with van der Waals surface area (Å²) < 4.78 is 1.01. The Morgan fingerprint density at radius 3 is 2.81 bits per heavy atom. The molecule has 0 saturated heterocycles. The molecule has 0 aliphatic rings. The molecular formula is C10H12IN3OS. The highest BCUT2D eigenvalue weighted by atomic mass is 127. The molecule has 0 spiro atoms. The van der Waals surface area contributed by atoms with E-state index in [0.29, 0.717) is 17.2 Å². The quantitative estimate of drug-likeness (QED) is 0.430. The zero-order chi connectivity index (χ0) is 12.0. The number of thiocarbonyl (C=S) groups is 1. The van der Waals surface area contributed by atoms with Gasteiger partial charge < -0.3 is 5.32 Å². The number of nitrogens with one attached hydrogen (secondary N) is 3. The highest BCUT2D eigenvalue weighted by Crippen LogP contribution is 2.07. The van der Waals surface area contributed by atoms with E-state index in [2.05, 4.69) is 38.8 Å². The van der Waals surface area contributed by atoms with Crippen LogP contribution in [0.5, 0.6) is 0 Å². The van der Waals surface area contributed by atoms with Crippen molar-refractivity contribution in [2.45, 2.75) is 6.92 Å². The minimum Gasteiger partial charge on any atom is -0.362 e. The summed E-state index contributed by atoms with van der Waals surface area (Å²) in [4.78, 5) is 11.6. The van der Waals surface area contributed by atoms with Crippen LogP contribution in [0.4, 0.5) is 0 Å². The molecule has 1 rings (SSSR count). The van der Waals surface area contributed by atoms with Crippen molar-refractivity contribution < 1.29 is 4.79 Å². The average molecular weight is 349 g/mol.